The Bertz CT molecular complexity index is 973. The van der Waals surface area contributed by atoms with E-state index in [1.54, 1.807) is 11.3 Å². The maximum Gasteiger partial charge on any atom is 0.200 e. The smallest absolute Gasteiger partial charge is 0.200 e. The van der Waals surface area contributed by atoms with Gasteiger partial charge in [-0.15, -0.1) is 11.3 Å². The van der Waals surface area contributed by atoms with Crippen LogP contribution in [0.2, 0.25) is 39.8 Å². The van der Waals surface area contributed by atoms with E-state index in [1.165, 1.54) is 10.4 Å². The number of hydrogen-bond acceptors (Lipinski definition) is 4. The first-order valence-corrected chi connectivity index (χ1v) is 20.1. The lowest BCUT2D eigenvalue weighted by atomic mass is 9.97. The summed E-state index contributed by atoms with van der Waals surface area (Å²) in [6.07, 6.45) is 0.780. The number of aliphatic hydroxyl groups excluding tert-OH is 1. The highest BCUT2D eigenvalue weighted by Crippen LogP contribution is 2.43. The van der Waals surface area contributed by atoms with Gasteiger partial charge in [-0.05, 0) is 81.4 Å². The zero-order valence-corrected chi connectivity index (χ0v) is 28.6. The lowest BCUT2D eigenvalue weighted by Crippen LogP contribution is -2.47. The van der Waals surface area contributed by atoms with Gasteiger partial charge < -0.3 is 14.0 Å². The van der Waals surface area contributed by atoms with Crippen molar-refractivity contribution in [3.63, 3.8) is 0 Å². The van der Waals surface area contributed by atoms with Crippen molar-refractivity contribution in [3.8, 4) is 0 Å². The van der Waals surface area contributed by atoms with Gasteiger partial charge in [0.15, 0.2) is 8.32 Å². The van der Waals surface area contributed by atoms with Gasteiger partial charge in [0.05, 0.1) is 12.7 Å². The summed E-state index contributed by atoms with van der Waals surface area (Å²) in [4.78, 5) is 1.18. The van der Waals surface area contributed by atoms with E-state index < -0.39 is 22.7 Å². The number of thiophene rings is 1. The molecule has 0 fully saturated rings. The maximum absolute atomic E-state index is 11.2. The van der Waals surface area contributed by atoms with E-state index in [9.17, 15) is 5.11 Å². The average molecular weight is 583 g/mol. The fraction of sp³-hybridized carbons (Fsp3) is 0.667. The van der Waals surface area contributed by atoms with Gasteiger partial charge in [0.1, 0.15) is 0 Å². The van der Waals surface area contributed by atoms with Gasteiger partial charge in [-0.3, -0.25) is 0 Å². The molecule has 1 heterocycles. The molecule has 2 rings (SSSR count). The molecule has 0 bridgehead atoms. The Balaban J connectivity index is 2.10. The summed E-state index contributed by atoms with van der Waals surface area (Å²) in [5.41, 5.74) is 4.91. The molecule has 0 aliphatic carbocycles. The molecule has 0 aliphatic heterocycles. The van der Waals surface area contributed by atoms with E-state index >= 15 is 0 Å². The van der Waals surface area contributed by atoms with Crippen molar-refractivity contribution in [2.24, 2.45) is 0 Å². The Morgan fingerprint density at radius 3 is 2.05 bits per heavy atom. The van der Waals surface area contributed by atoms with E-state index in [0.29, 0.717) is 41.3 Å². The predicted molar refractivity (Wildman–Crippen MR) is 167 cm³/mol. The molecule has 1 atom stereocenters. The van der Waals surface area contributed by atoms with Crippen LogP contribution in [0.4, 0.5) is 0 Å². The zero-order chi connectivity index (χ0) is 28.2. The Morgan fingerprint density at radius 1 is 0.919 bits per heavy atom. The first-order chi connectivity index (χ1) is 17.0. The summed E-state index contributed by atoms with van der Waals surface area (Å²) in [5, 5.41) is 14.1. The molecule has 1 aromatic heterocycles. The van der Waals surface area contributed by atoms with Crippen molar-refractivity contribution in [1.29, 1.82) is 0 Å². The monoisotopic (exact) mass is 582 g/mol. The van der Waals surface area contributed by atoms with Crippen molar-refractivity contribution in [1.82, 2.24) is 0 Å². The summed E-state index contributed by atoms with van der Waals surface area (Å²) in [6.45, 7) is 26.6. The molecule has 0 saturated heterocycles. The summed E-state index contributed by atoms with van der Waals surface area (Å²) < 4.78 is 13.2. The van der Waals surface area contributed by atoms with Gasteiger partial charge >= 0.3 is 0 Å². The number of hydrogen-bond donors (Lipinski definition) is 1. The fourth-order valence-electron chi connectivity index (χ4n) is 5.33. The summed E-state index contributed by atoms with van der Waals surface area (Å²) in [7, 11) is -3.72. The van der Waals surface area contributed by atoms with Crippen LogP contribution in [0.15, 0.2) is 29.6 Å². The Morgan fingerprint density at radius 2 is 1.51 bits per heavy atom. The largest absolute Gasteiger partial charge is 0.416 e. The van der Waals surface area contributed by atoms with Gasteiger partial charge in [0, 0.05) is 22.9 Å². The Labute approximate surface area is 238 Å². The summed E-state index contributed by atoms with van der Waals surface area (Å²) in [6, 6.07) is 8.14. The molecular weight excluding hydrogens is 532 g/mol. The second kappa shape index (κ2) is 13.3. The van der Waals surface area contributed by atoms with Crippen molar-refractivity contribution < 1.29 is 14.0 Å². The number of halogens is 1. The lowest BCUT2D eigenvalue weighted by molar-refractivity contribution is 0.178. The van der Waals surface area contributed by atoms with Gasteiger partial charge in [-0.2, -0.15) is 0 Å². The molecule has 1 unspecified atom stereocenters. The van der Waals surface area contributed by atoms with Crippen LogP contribution in [0.5, 0.6) is 0 Å². The maximum atomic E-state index is 11.2. The third kappa shape index (κ3) is 8.26. The zero-order valence-electron chi connectivity index (χ0n) is 25.1. The van der Waals surface area contributed by atoms with Gasteiger partial charge in [-0.1, -0.05) is 80.0 Å². The van der Waals surface area contributed by atoms with E-state index in [4.69, 9.17) is 20.5 Å². The highest BCUT2D eigenvalue weighted by atomic mass is 35.5. The molecular formula is C30H51ClO3SSi2. The normalized spacial score (nSPS) is 14.3. The minimum atomic E-state index is -1.92. The minimum Gasteiger partial charge on any atom is -0.416 e. The fourth-order valence-corrected chi connectivity index (χ4v) is 12.9. The first-order valence-electron chi connectivity index (χ1n) is 13.8. The van der Waals surface area contributed by atoms with Gasteiger partial charge in [0.2, 0.25) is 8.32 Å². The van der Waals surface area contributed by atoms with Crippen LogP contribution in [0.3, 0.4) is 0 Å². The molecule has 1 N–H and O–H groups in total. The quantitative estimate of drug-likeness (QED) is 0.239. The molecule has 37 heavy (non-hydrogen) atoms. The average Bonchev–Trinajstić information content (AvgIpc) is 3.23. The molecule has 2 aromatic rings. The Kier molecular flexibility index (Phi) is 11.7. The first kappa shape index (κ1) is 32.7. The Hall–Kier alpha value is -0.476. The van der Waals surface area contributed by atoms with Crippen LogP contribution in [0, 0.1) is 0 Å². The third-order valence-corrected chi connectivity index (χ3v) is 20.2. The van der Waals surface area contributed by atoms with Crippen LogP contribution in [-0.4, -0.2) is 28.3 Å². The molecule has 1 aromatic carbocycles. The van der Waals surface area contributed by atoms with Crippen LogP contribution in [0.25, 0.3) is 0 Å². The van der Waals surface area contributed by atoms with Crippen LogP contribution < -0.4 is 0 Å². The highest BCUT2D eigenvalue weighted by molar-refractivity contribution is 7.10. The van der Waals surface area contributed by atoms with Crippen LogP contribution in [-0.2, 0) is 28.3 Å². The minimum absolute atomic E-state index is 0.189. The second-order valence-corrected chi connectivity index (χ2v) is 24.6. The molecule has 0 saturated carbocycles. The van der Waals surface area contributed by atoms with E-state index in [-0.39, 0.29) is 5.04 Å². The van der Waals surface area contributed by atoms with E-state index in [0.717, 1.165) is 17.5 Å². The van der Waals surface area contributed by atoms with Crippen molar-refractivity contribution in [3.05, 3.63) is 56.2 Å². The summed E-state index contributed by atoms with van der Waals surface area (Å²) >= 11 is 8.05. The molecule has 0 aliphatic rings. The van der Waals surface area contributed by atoms with Crippen molar-refractivity contribution >= 4 is 39.6 Å². The number of rotatable bonds is 13. The molecule has 0 spiro atoms. The van der Waals surface area contributed by atoms with Crippen molar-refractivity contribution in [2.45, 2.75) is 123 Å². The van der Waals surface area contributed by atoms with Crippen molar-refractivity contribution in [2.75, 3.05) is 6.61 Å². The molecule has 210 valence electrons. The topological polar surface area (TPSA) is 38.7 Å². The molecule has 0 radical (unpaired) electrons. The van der Waals surface area contributed by atoms with E-state index in [2.05, 4.69) is 92.9 Å². The van der Waals surface area contributed by atoms with E-state index in [1.807, 2.05) is 12.1 Å². The molecule has 3 nitrogen and oxygen atoms in total. The third-order valence-electron chi connectivity index (χ3n) is 8.45. The second-order valence-electron chi connectivity index (χ2n) is 12.9. The lowest BCUT2D eigenvalue weighted by Gasteiger charge is -2.42. The predicted octanol–water partition coefficient (Wildman–Crippen LogP) is 9.93. The summed E-state index contributed by atoms with van der Waals surface area (Å²) in [5.74, 6) is 0. The standard InChI is InChI=1S/C30H51ClO3SSi2/c1-21(2)37(22(3)4,23(5)6)34-19-28-17-26(20-35-28)29(32)18-25-16-27(31)13-12-24(25)14-15-33-36(10,11)30(7,8)9/h12-13,16-17,20-23,29,32H,14-15,18-19H2,1-11H3. The molecule has 7 heteroatoms. The number of benzene rings is 1. The van der Waals surface area contributed by atoms with Gasteiger partial charge in [0.25, 0.3) is 0 Å². The number of aliphatic hydroxyl groups is 1. The van der Waals surface area contributed by atoms with Crippen LogP contribution in [0.1, 0.15) is 90.0 Å². The SMILES string of the molecule is CC(C)[Si](OCc1cc(C(O)Cc2cc(Cl)ccc2CCO[Si](C)(C)C(C)(C)C)cs1)(C(C)C)C(C)C. The highest BCUT2D eigenvalue weighted by Gasteiger charge is 2.45. The van der Waals surface area contributed by atoms with Crippen LogP contribution >= 0.6 is 22.9 Å². The van der Waals surface area contributed by atoms with Gasteiger partial charge in [-0.25, -0.2) is 0 Å². The molecule has 0 amide bonds.